The predicted octanol–water partition coefficient (Wildman–Crippen LogP) is 1.62. The van der Waals surface area contributed by atoms with Crippen LogP contribution in [-0.4, -0.2) is 20.9 Å². The molecule has 5 nitrogen and oxygen atoms in total. The number of carbonyl (C=O) groups excluding carboxylic acids is 1. The second-order valence-corrected chi connectivity index (χ2v) is 6.22. The lowest BCUT2D eigenvalue weighted by molar-refractivity contribution is 0.0930. The Labute approximate surface area is 122 Å². The Morgan fingerprint density at radius 2 is 1.95 bits per heavy atom. The van der Waals surface area contributed by atoms with Gasteiger partial charge < -0.3 is 9.73 Å². The molecule has 0 fully saturated rings. The van der Waals surface area contributed by atoms with Crippen LogP contribution in [0.2, 0.25) is 0 Å². The summed E-state index contributed by atoms with van der Waals surface area (Å²) in [6.45, 7) is 0.0460. The van der Waals surface area contributed by atoms with Crippen molar-refractivity contribution in [3.63, 3.8) is 0 Å². The molecule has 6 heteroatoms. The van der Waals surface area contributed by atoms with Gasteiger partial charge in [0.05, 0.1) is 23.5 Å². The summed E-state index contributed by atoms with van der Waals surface area (Å²) in [6, 6.07) is 9.49. The second-order valence-electron chi connectivity index (χ2n) is 4.23. The van der Waals surface area contributed by atoms with E-state index in [-0.39, 0.29) is 23.0 Å². The van der Waals surface area contributed by atoms with Crippen LogP contribution in [0, 0.1) is 12.3 Å². The Morgan fingerprint density at radius 3 is 2.62 bits per heavy atom. The molecule has 0 radical (unpaired) electrons. The number of carbonyl (C=O) groups is 1. The first-order valence-corrected chi connectivity index (χ1v) is 7.75. The van der Waals surface area contributed by atoms with Crippen molar-refractivity contribution in [3.05, 3.63) is 54.0 Å². The van der Waals surface area contributed by atoms with Crippen LogP contribution in [0.15, 0.2) is 52.0 Å². The van der Waals surface area contributed by atoms with E-state index in [0.29, 0.717) is 5.56 Å². The maximum Gasteiger partial charge on any atom is 0.288 e. The van der Waals surface area contributed by atoms with Crippen molar-refractivity contribution in [3.8, 4) is 12.3 Å². The molecule has 0 aliphatic carbocycles. The molecule has 0 spiro atoms. The van der Waals surface area contributed by atoms with Crippen molar-refractivity contribution in [1.82, 2.24) is 5.32 Å². The van der Waals surface area contributed by atoms with Crippen LogP contribution in [0.3, 0.4) is 0 Å². The largest absolute Gasteiger partial charge is 0.459 e. The molecule has 2 rings (SSSR count). The number of amides is 1. The first-order chi connectivity index (χ1) is 10.0. The highest BCUT2D eigenvalue weighted by Gasteiger charge is 2.22. The van der Waals surface area contributed by atoms with Gasteiger partial charge in [-0.05, 0) is 18.2 Å². The summed E-state index contributed by atoms with van der Waals surface area (Å²) in [5.41, 5.74) is 0.299. The number of terminal acetylenes is 1. The summed E-state index contributed by atoms with van der Waals surface area (Å²) in [5.74, 6) is 1.38. The van der Waals surface area contributed by atoms with Crippen LogP contribution in [0.5, 0.6) is 0 Å². The first-order valence-electron chi connectivity index (χ1n) is 6.10. The van der Waals surface area contributed by atoms with Gasteiger partial charge in [0.2, 0.25) is 0 Å². The fraction of sp³-hybridized carbons (Fsp3) is 0.133. The number of rotatable bonds is 5. The monoisotopic (exact) mass is 303 g/mol. The van der Waals surface area contributed by atoms with Crippen molar-refractivity contribution in [1.29, 1.82) is 0 Å². The smallest absolute Gasteiger partial charge is 0.288 e. The molecular formula is C15H13NO4S. The minimum atomic E-state index is -3.54. The number of nitrogens with one attached hydrogen (secondary N) is 1. The van der Waals surface area contributed by atoms with Crippen molar-refractivity contribution in [2.45, 2.75) is 10.6 Å². The number of hydrogen-bond acceptors (Lipinski definition) is 4. The Morgan fingerprint density at radius 1 is 1.24 bits per heavy atom. The third-order valence-corrected chi connectivity index (χ3v) is 4.43. The fourth-order valence-electron chi connectivity index (χ4n) is 1.78. The normalized spacial score (nSPS) is 10.8. The van der Waals surface area contributed by atoms with Crippen LogP contribution in [0.4, 0.5) is 0 Å². The average molecular weight is 303 g/mol. The van der Waals surface area contributed by atoms with Crippen molar-refractivity contribution in [2.75, 3.05) is 6.54 Å². The molecule has 21 heavy (non-hydrogen) atoms. The topological polar surface area (TPSA) is 76.4 Å². The van der Waals surface area contributed by atoms with Gasteiger partial charge in [0, 0.05) is 5.56 Å². The third-order valence-electron chi connectivity index (χ3n) is 2.75. The summed E-state index contributed by atoms with van der Waals surface area (Å²) in [7, 11) is -3.54. The zero-order chi connectivity index (χ0) is 15.3. The lowest BCUT2D eigenvalue weighted by Crippen LogP contribution is -2.24. The lowest BCUT2D eigenvalue weighted by Gasteiger charge is -2.05. The van der Waals surface area contributed by atoms with Crippen LogP contribution in [-0.2, 0) is 15.6 Å². The Hall–Kier alpha value is -2.52. The van der Waals surface area contributed by atoms with Crippen molar-refractivity contribution >= 4 is 15.7 Å². The van der Waals surface area contributed by atoms with E-state index in [9.17, 15) is 13.2 Å². The van der Waals surface area contributed by atoms with E-state index in [1.54, 1.807) is 18.2 Å². The third kappa shape index (κ3) is 3.52. The molecule has 1 N–H and O–H groups in total. The zero-order valence-corrected chi connectivity index (χ0v) is 11.9. The summed E-state index contributed by atoms with van der Waals surface area (Å²) in [4.78, 5) is 12.0. The Kier molecular flexibility index (Phi) is 4.45. The summed E-state index contributed by atoms with van der Waals surface area (Å²) >= 11 is 0. The molecule has 1 aromatic heterocycles. The van der Waals surface area contributed by atoms with Gasteiger partial charge in [0.25, 0.3) is 5.91 Å². The number of hydrogen-bond donors (Lipinski definition) is 1. The van der Waals surface area contributed by atoms with Gasteiger partial charge in [-0.25, -0.2) is 8.42 Å². The number of furan rings is 1. The highest BCUT2D eigenvalue weighted by Crippen LogP contribution is 2.19. The van der Waals surface area contributed by atoms with E-state index in [1.165, 1.54) is 24.5 Å². The van der Waals surface area contributed by atoms with Crippen LogP contribution < -0.4 is 5.32 Å². The molecule has 0 saturated heterocycles. The number of sulfone groups is 1. The van der Waals surface area contributed by atoms with E-state index < -0.39 is 15.7 Å². The lowest BCUT2D eigenvalue weighted by atomic mass is 10.2. The molecule has 0 aliphatic heterocycles. The molecule has 1 amide bonds. The molecule has 1 aromatic carbocycles. The molecule has 0 saturated carbocycles. The second kappa shape index (κ2) is 6.29. The van der Waals surface area contributed by atoms with Gasteiger partial charge in [0.1, 0.15) is 0 Å². The summed E-state index contributed by atoms with van der Waals surface area (Å²) in [5, 5.41) is 2.44. The van der Waals surface area contributed by atoms with Gasteiger partial charge in [-0.1, -0.05) is 24.1 Å². The molecule has 0 unspecified atom stereocenters. The maximum atomic E-state index is 12.3. The van der Waals surface area contributed by atoms with E-state index >= 15 is 0 Å². The molecule has 2 aromatic rings. The van der Waals surface area contributed by atoms with E-state index in [0.717, 1.165) is 0 Å². The van der Waals surface area contributed by atoms with Gasteiger partial charge in [0.15, 0.2) is 15.6 Å². The highest BCUT2D eigenvalue weighted by molar-refractivity contribution is 7.90. The molecular weight excluding hydrogens is 290 g/mol. The zero-order valence-electron chi connectivity index (χ0n) is 11.1. The molecule has 0 atom stereocenters. The summed E-state index contributed by atoms with van der Waals surface area (Å²) < 4.78 is 29.6. The fourth-order valence-corrected chi connectivity index (χ4v) is 3.15. The SMILES string of the molecule is C#CCNC(=O)c1occc1CS(=O)(=O)c1ccccc1. The minimum absolute atomic E-state index is 0.0373. The van der Waals surface area contributed by atoms with Gasteiger partial charge in [-0.3, -0.25) is 4.79 Å². The maximum absolute atomic E-state index is 12.3. The first kappa shape index (κ1) is 14.9. The van der Waals surface area contributed by atoms with Gasteiger partial charge in [-0.2, -0.15) is 0 Å². The molecule has 0 aliphatic rings. The molecule has 1 heterocycles. The van der Waals surface area contributed by atoms with Crippen LogP contribution in [0.1, 0.15) is 16.1 Å². The van der Waals surface area contributed by atoms with Crippen molar-refractivity contribution < 1.29 is 17.6 Å². The Bertz CT molecular complexity index is 770. The van der Waals surface area contributed by atoms with Crippen LogP contribution in [0.25, 0.3) is 0 Å². The molecule has 108 valence electrons. The van der Waals surface area contributed by atoms with E-state index in [1.807, 2.05) is 0 Å². The minimum Gasteiger partial charge on any atom is -0.459 e. The summed E-state index contributed by atoms with van der Waals surface area (Å²) in [6.07, 6.45) is 6.33. The number of benzene rings is 1. The van der Waals surface area contributed by atoms with Gasteiger partial charge >= 0.3 is 0 Å². The van der Waals surface area contributed by atoms with E-state index in [4.69, 9.17) is 10.8 Å². The predicted molar refractivity (Wildman–Crippen MR) is 77.2 cm³/mol. The standard InChI is InChI=1S/C15H13NO4S/c1-2-9-16-15(17)14-12(8-10-20-14)11-21(18,19)13-6-4-3-5-7-13/h1,3-8,10H,9,11H2,(H,16,17). The molecule has 0 bridgehead atoms. The average Bonchev–Trinajstić information content (AvgIpc) is 2.93. The van der Waals surface area contributed by atoms with Crippen LogP contribution >= 0.6 is 0 Å². The highest BCUT2D eigenvalue weighted by atomic mass is 32.2. The van der Waals surface area contributed by atoms with Crippen molar-refractivity contribution in [2.24, 2.45) is 0 Å². The van der Waals surface area contributed by atoms with E-state index in [2.05, 4.69) is 11.2 Å². The Balaban J connectivity index is 2.24. The van der Waals surface area contributed by atoms with Gasteiger partial charge in [-0.15, -0.1) is 6.42 Å². The quantitative estimate of drug-likeness (QED) is 0.852.